The molecular formula is C21H21NO2. The molecular weight excluding hydrogens is 298 g/mol. The van der Waals surface area contributed by atoms with Crippen LogP contribution >= 0.6 is 0 Å². The van der Waals surface area contributed by atoms with Crippen molar-refractivity contribution in [3.8, 4) is 0 Å². The maximum absolute atomic E-state index is 12.1. The van der Waals surface area contributed by atoms with Crippen molar-refractivity contribution in [2.24, 2.45) is 0 Å². The van der Waals surface area contributed by atoms with E-state index in [1.165, 1.54) is 0 Å². The van der Waals surface area contributed by atoms with Gasteiger partial charge in [-0.1, -0.05) is 54.6 Å². The van der Waals surface area contributed by atoms with Gasteiger partial charge in [0.05, 0.1) is 12.5 Å². The molecule has 1 N–H and O–H groups in total. The first-order valence-corrected chi connectivity index (χ1v) is 8.15. The number of esters is 1. The van der Waals surface area contributed by atoms with Crippen LogP contribution in [-0.2, 0) is 16.0 Å². The van der Waals surface area contributed by atoms with Gasteiger partial charge in [0.2, 0.25) is 0 Å². The van der Waals surface area contributed by atoms with Crippen molar-refractivity contribution >= 4 is 29.0 Å². The number of H-pyrrole nitrogens is 1. The maximum Gasteiger partial charge on any atom is 0.310 e. The van der Waals surface area contributed by atoms with Gasteiger partial charge in [-0.05, 0) is 37.1 Å². The predicted molar refractivity (Wildman–Crippen MR) is 98.6 cm³/mol. The standard InChI is InChI=1S/C21H21NO2/c1-15(2)24-21(23)14-18-17-10-6-7-11-19(17)22-20(18)13-12-16-8-4-3-5-9-16/h3-13,15,22H,14H2,1-2H3/b13-12+. The van der Waals surface area contributed by atoms with E-state index in [0.29, 0.717) is 0 Å². The molecule has 0 aliphatic heterocycles. The van der Waals surface area contributed by atoms with Gasteiger partial charge in [-0.25, -0.2) is 0 Å². The SMILES string of the molecule is CC(C)OC(=O)Cc1c(/C=C/c2ccccc2)[nH]c2ccccc12. The van der Waals surface area contributed by atoms with Gasteiger partial charge in [-0.15, -0.1) is 0 Å². The fraction of sp³-hybridized carbons (Fsp3) is 0.190. The third-order valence-corrected chi connectivity index (χ3v) is 3.78. The van der Waals surface area contributed by atoms with Gasteiger partial charge < -0.3 is 9.72 Å². The number of nitrogens with one attached hydrogen (secondary N) is 1. The van der Waals surface area contributed by atoms with Gasteiger partial charge in [0.15, 0.2) is 0 Å². The number of benzene rings is 2. The van der Waals surface area contributed by atoms with Gasteiger partial charge in [0, 0.05) is 16.6 Å². The van der Waals surface area contributed by atoms with E-state index < -0.39 is 0 Å². The molecule has 0 unspecified atom stereocenters. The van der Waals surface area contributed by atoms with Crippen molar-refractivity contribution < 1.29 is 9.53 Å². The number of carbonyl (C=O) groups is 1. The maximum atomic E-state index is 12.1. The number of ether oxygens (including phenoxy) is 1. The molecule has 24 heavy (non-hydrogen) atoms. The highest BCUT2D eigenvalue weighted by Crippen LogP contribution is 2.25. The highest BCUT2D eigenvalue weighted by Gasteiger charge is 2.15. The number of carbonyl (C=O) groups excluding carboxylic acids is 1. The Kier molecular flexibility index (Phi) is 4.80. The van der Waals surface area contributed by atoms with Gasteiger partial charge in [0.1, 0.15) is 0 Å². The van der Waals surface area contributed by atoms with Gasteiger partial charge in [-0.2, -0.15) is 0 Å². The lowest BCUT2D eigenvalue weighted by atomic mass is 10.1. The van der Waals surface area contributed by atoms with Crippen molar-refractivity contribution in [3.63, 3.8) is 0 Å². The van der Waals surface area contributed by atoms with Crippen LogP contribution in [0.1, 0.15) is 30.7 Å². The Morgan fingerprint density at radius 2 is 1.75 bits per heavy atom. The summed E-state index contributed by atoms with van der Waals surface area (Å²) in [4.78, 5) is 15.5. The van der Waals surface area contributed by atoms with E-state index in [9.17, 15) is 4.79 Å². The highest BCUT2D eigenvalue weighted by molar-refractivity contribution is 5.92. The van der Waals surface area contributed by atoms with Crippen LogP contribution in [0.4, 0.5) is 0 Å². The molecule has 0 amide bonds. The topological polar surface area (TPSA) is 42.1 Å². The Labute approximate surface area is 142 Å². The molecule has 2 aromatic carbocycles. The van der Waals surface area contributed by atoms with Crippen LogP contribution in [0.5, 0.6) is 0 Å². The summed E-state index contributed by atoms with van der Waals surface area (Å²) in [7, 11) is 0. The molecule has 0 saturated heterocycles. The molecule has 1 heterocycles. The molecule has 0 aliphatic rings. The molecule has 1 aromatic heterocycles. The summed E-state index contributed by atoms with van der Waals surface area (Å²) >= 11 is 0. The van der Waals surface area contributed by atoms with Crippen LogP contribution in [0.25, 0.3) is 23.1 Å². The lowest BCUT2D eigenvalue weighted by Gasteiger charge is -2.08. The van der Waals surface area contributed by atoms with E-state index in [1.807, 2.05) is 80.6 Å². The van der Waals surface area contributed by atoms with E-state index in [0.717, 1.165) is 27.7 Å². The summed E-state index contributed by atoms with van der Waals surface area (Å²) in [5.74, 6) is -0.205. The quantitative estimate of drug-likeness (QED) is 0.684. The molecule has 0 spiro atoms. The molecule has 0 aliphatic carbocycles. The largest absolute Gasteiger partial charge is 0.463 e. The van der Waals surface area contributed by atoms with Crippen LogP contribution in [0.3, 0.4) is 0 Å². The Morgan fingerprint density at radius 1 is 1.04 bits per heavy atom. The average Bonchev–Trinajstić information content (AvgIpc) is 2.91. The molecule has 0 radical (unpaired) electrons. The van der Waals surface area contributed by atoms with Crippen molar-refractivity contribution in [3.05, 3.63) is 71.4 Å². The number of para-hydroxylation sites is 1. The van der Waals surface area contributed by atoms with E-state index in [2.05, 4.69) is 4.98 Å². The average molecular weight is 319 g/mol. The molecule has 3 heteroatoms. The first-order valence-electron chi connectivity index (χ1n) is 8.15. The normalized spacial score (nSPS) is 11.5. The molecule has 0 atom stereocenters. The lowest BCUT2D eigenvalue weighted by molar-refractivity contribution is -0.146. The number of aromatic amines is 1. The first-order chi connectivity index (χ1) is 11.6. The van der Waals surface area contributed by atoms with Crippen LogP contribution in [0.2, 0.25) is 0 Å². The number of fused-ring (bicyclic) bond motifs is 1. The second-order valence-corrected chi connectivity index (χ2v) is 6.02. The Morgan fingerprint density at radius 3 is 2.50 bits per heavy atom. The molecule has 0 fully saturated rings. The van der Waals surface area contributed by atoms with Crippen LogP contribution in [-0.4, -0.2) is 17.1 Å². The number of hydrogen-bond acceptors (Lipinski definition) is 2. The minimum atomic E-state index is -0.205. The van der Waals surface area contributed by atoms with E-state index in [4.69, 9.17) is 4.74 Å². The second-order valence-electron chi connectivity index (χ2n) is 6.02. The summed E-state index contributed by atoms with van der Waals surface area (Å²) in [6, 6.07) is 18.1. The van der Waals surface area contributed by atoms with Crippen molar-refractivity contribution in [2.75, 3.05) is 0 Å². The number of rotatable bonds is 5. The molecule has 3 rings (SSSR count). The zero-order valence-corrected chi connectivity index (χ0v) is 14.0. The zero-order chi connectivity index (χ0) is 16.9. The monoisotopic (exact) mass is 319 g/mol. The summed E-state index contributed by atoms with van der Waals surface area (Å²) in [6.45, 7) is 3.73. The minimum absolute atomic E-state index is 0.106. The minimum Gasteiger partial charge on any atom is -0.463 e. The Balaban J connectivity index is 1.96. The smallest absolute Gasteiger partial charge is 0.310 e. The number of hydrogen-bond donors (Lipinski definition) is 1. The highest BCUT2D eigenvalue weighted by atomic mass is 16.5. The summed E-state index contributed by atoms with van der Waals surface area (Å²) < 4.78 is 5.31. The Bertz CT molecular complexity index is 860. The molecule has 3 nitrogen and oxygen atoms in total. The molecule has 3 aromatic rings. The van der Waals surface area contributed by atoms with E-state index in [-0.39, 0.29) is 18.5 Å². The van der Waals surface area contributed by atoms with Crippen molar-refractivity contribution in [1.29, 1.82) is 0 Å². The van der Waals surface area contributed by atoms with Crippen LogP contribution in [0, 0.1) is 0 Å². The van der Waals surface area contributed by atoms with E-state index in [1.54, 1.807) is 0 Å². The predicted octanol–water partition coefficient (Wildman–Crippen LogP) is 4.83. The fourth-order valence-corrected chi connectivity index (χ4v) is 2.75. The van der Waals surface area contributed by atoms with Gasteiger partial charge in [-0.3, -0.25) is 4.79 Å². The van der Waals surface area contributed by atoms with Crippen LogP contribution < -0.4 is 0 Å². The lowest BCUT2D eigenvalue weighted by Crippen LogP contribution is -2.13. The van der Waals surface area contributed by atoms with Crippen molar-refractivity contribution in [1.82, 2.24) is 4.98 Å². The fourth-order valence-electron chi connectivity index (χ4n) is 2.75. The summed E-state index contributed by atoms with van der Waals surface area (Å²) in [6.07, 6.45) is 4.22. The molecule has 0 bridgehead atoms. The Hall–Kier alpha value is -2.81. The van der Waals surface area contributed by atoms with Gasteiger partial charge >= 0.3 is 5.97 Å². The number of aromatic nitrogens is 1. The van der Waals surface area contributed by atoms with Gasteiger partial charge in [0.25, 0.3) is 0 Å². The summed E-state index contributed by atoms with van der Waals surface area (Å²) in [5.41, 5.74) is 4.06. The zero-order valence-electron chi connectivity index (χ0n) is 14.0. The first kappa shape index (κ1) is 16.1. The van der Waals surface area contributed by atoms with E-state index >= 15 is 0 Å². The third-order valence-electron chi connectivity index (χ3n) is 3.78. The van der Waals surface area contributed by atoms with Crippen molar-refractivity contribution in [2.45, 2.75) is 26.4 Å². The second kappa shape index (κ2) is 7.18. The molecule has 122 valence electrons. The summed E-state index contributed by atoms with van der Waals surface area (Å²) in [5, 5.41) is 1.06. The molecule has 0 saturated carbocycles. The third kappa shape index (κ3) is 3.74. The van der Waals surface area contributed by atoms with Crippen LogP contribution in [0.15, 0.2) is 54.6 Å².